The number of aromatic nitrogens is 2. The average molecular weight is 422 g/mol. The van der Waals surface area contributed by atoms with E-state index in [1.807, 2.05) is 44.2 Å². The summed E-state index contributed by atoms with van der Waals surface area (Å²) in [6.45, 7) is 6.32. The smallest absolute Gasteiger partial charge is 0.127 e. The van der Waals surface area contributed by atoms with Gasteiger partial charge in [-0.15, -0.1) is 0 Å². The summed E-state index contributed by atoms with van der Waals surface area (Å²) in [6.07, 6.45) is 4.71. The Morgan fingerprint density at radius 3 is 2.58 bits per heavy atom. The lowest BCUT2D eigenvalue weighted by Gasteiger charge is -2.38. The fourth-order valence-corrected chi connectivity index (χ4v) is 4.47. The normalized spacial score (nSPS) is 17.0. The number of piperidine rings is 1. The molecule has 0 bridgehead atoms. The molecule has 1 saturated heterocycles. The van der Waals surface area contributed by atoms with Gasteiger partial charge in [-0.1, -0.05) is 30.3 Å². The van der Waals surface area contributed by atoms with Gasteiger partial charge in [0.1, 0.15) is 18.5 Å². The summed E-state index contributed by atoms with van der Waals surface area (Å²) >= 11 is 0. The molecule has 1 unspecified atom stereocenters. The van der Waals surface area contributed by atoms with Crippen LogP contribution in [0.15, 0.2) is 54.9 Å². The summed E-state index contributed by atoms with van der Waals surface area (Å²) in [7, 11) is 0. The molecule has 1 aliphatic heterocycles. The third-order valence-electron chi connectivity index (χ3n) is 6.25. The van der Waals surface area contributed by atoms with Crippen molar-refractivity contribution in [1.29, 1.82) is 0 Å². The average Bonchev–Trinajstić information content (AvgIpc) is 2.77. The summed E-state index contributed by atoms with van der Waals surface area (Å²) in [5.74, 6) is 1.04. The highest BCUT2D eigenvalue weighted by Crippen LogP contribution is 2.36. The van der Waals surface area contributed by atoms with E-state index in [2.05, 4.69) is 27.2 Å². The molecule has 1 atom stereocenters. The molecule has 0 spiro atoms. The van der Waals surface area contributed by atoms with Crippen LogP contribution in [-0.4, -0.2) is 63.3 Å². The molecular weight excluding hydrogens is 390 g/mol. The molecule has 2 aromatic carbocycles. The van der Waals surface area contributed by atoms with E-state index in [9.17, 15) is 10.2 Å². The fraction of sp³-hybridized carbons (Fsp3) is 0.440. The van der Waals surface area contributed by atoms with Gasteiger partial charge < -0.3 is 19.8 Å². The third-order valence-corrected chi connectivity index (χ3v) is 6.25. The largest absolute Gasteiger partial charge is 0.490 e. The second-order valence-electron chi connectivity index (χ2n) is 8.98. The van der Waals surface area contributed by atoms with Gasteiger partial charge in [0.25, 0.3) is 0 Å². The molecule has 164 valence electrons. The molecule has 3 aromatic rings. The van der Waals surface area contributed by atoms with Gasteiger partial charge in [0.15, 0.2) is 0 Å². The van der Waals surface area contributed by atoms with Gasteiger partial charge >= 0.3 is 0 Å². The van der Waals surface area contributed by atoms with E-state index in [1.165, 1.54) is 0 Å². The van der Waals surface area contributed by atoms with E-state index in [0.717, 1.165) is 53.6 Å². The number of nitrogens with zero attached hydrogens (tertiary/aromatic N) is 3. The van der Waals surface area contributed by atoms with Crippen LogP contribution in [0.25, 0.3) is 21.9 Å². The Kier molecular flexibility index (Phi) is 6.51. The highest BCUT2D eigenvalue weighted by Gasteiger charge is 2.31. The molecule has 2 heterocycles. The lowest BCUT2D eigenvalue weighted by Crippen LogP contribution is -2.45. The summed E-state index contributed by atoms with van der Waals surface area (Å²) in [6, 6.07) is 14.1. The molecule has 31 heavy (non-hydrogen) atoms. The number of β-amino-alcohol motifs (C(OH)–C–C–N with tert-alkyl or cyclic N) is 1. The predicted molar refractivity (Wildman–Crippen MR) is 122 cm³/mol. The van der Waals surface area contributed by atoms with Crippen LogP contribution in [0.2, 0.25) is 0 Å². The maximum Gasteiger partial charge on any atom is 0.127 e. The van der Waals surface area contributed by atoms with Crippen LogP contribution < -0.4 is 4.74 Å². The number of likely N-dealkylation sites (tertiary alicyclic amines) is 1. The van der Waals surface area contributed by atoms with Crippen LogP contribution in [0, 0.1) is 5.92 Å². The van der Waals surface area contributed by atoms with Crippen LogP contribution in [0.1, 0.15) is 26.7 Å². The Hall–Kier alpha value is -2.54. The summed E-state index contributed by atoms with van der Waals surface area (Å²) in [5, 5.41) is 31.0. The number of aliphatic hydroxyl groups excluding tert-OH is 1. The van der Waals surface area contributed by atoms with Gasteiger partial charge in [-0.05, 0) is 68.6 Å². The van der Waals surface area contributed by atoms with E-state index in [4.69, 9.17) is 4.74 Å². The van der Waals surface area contributed by atoms with Crippen molar-refractivity contribution in [3.63, 3.8) is 0 Å². The fourth-order valence-electron chi connectivity index (χ4n) is 4.47. The number of benzene rings is 2. The molecular formula is C25H31N3O3. The number of hydrogen-bond donors (Lipinski definition) is 2. The number of rotatable bonds is 7. The van der Waals surface area contributed by atoms with Crippen molar-refractivity contribution in [3.05, 3.63) is 54.9 Å². The Balaban J connectivity index is 1.44. The minimum atomic E-state index is -0.637. The van der Waals surface area contributed by atoms with Crippen molar-refractivity contribution >= 4 is 10.8 Å². The first kappa shape index (κ1) is 21.7. The Labute approximate surface area is 183 Å². The van der Waals surface area contributed by atoms with E-state index in [1.54, 1.807) is 12.4 Å². The van der Waals surface area contributed by atoms with Gasteiger partial charge in [0, 0.05) is 17.7 Å². The third kappa shape index (κ3) is 5.21. The summed E-state index contributed by atoms with van der Waals surface area (Å²) in [4.78, 5) is 2.25. The van der Waals surface area contributed by atoms with Crippen molar-refractivity contribution in [2.75, 3.05) is 26.2 Å². The second-order valence-corrected chi connectivity index (χ2v) is 8.98. The highest BCUT2D eigenvalue weighted by molar-refractivity contribution is 5.99. The number of ether oxygens (including phenoxy) is 1. The summed E-state index contributed by atoms with van der Waals surface area (Å²) in [5.41, 5.74) is 1.26. The first-order valence-corrected chi connectivity index (χ1v) is 11.0. The highest BCUT2D eigenvalue weighted by atomic mass is 16.5. The number of hydrogen-bond acceptors (Lipinski definition) is 6. The minimum Gasteiger partial charge on any atom is -0.490 e. The Morgan fingerprint density at radius 2 is 1.87 bits per heavy atom. The van der Waals surface area contributed by atoms with E-state index < -0.39 is 11.7 Å². The zero-order valence-electron chi connectivity index (χ0n) is 18.2. The first-order valence-electron chi connectivity index (χ1n) is 11.0. The SMILES string of the molecule is CC(C)(O)C1CCN(CC(O)COc2ccc3ccccc3c2-c2ccnnc2)CC1. The van der Waals surface area contributed by atoms with Crippen LogP contribution in [0.5, 0.6) is 5.75 Å². The quantitative estimate of drug-likeness (QED) is 0.608. The zero-order valence-corrected chi connectivity index (χ0v) is 18.2. The molecule has 0 aliphatic carbocycles. The lowest BCUT2D eigenvalue weighted by molar-refractivity contribution is -0.0206. The van der Waals surface area contributed by atoms with E-state index in [-0.39, 0.29) is 6.61 Å². The molecule has 0 radical (unpaired) electrons. The molecule has 2 N–H and O–H groups in total. The first-order chi connectivity index (χ1) is 14.9. The van der Waals surface area contributed by atoms with Crippen molar-refractivity contribution in [3.8, 4) is 16.9 Å². The van der Waals surface area contributed by atoms with Crippen molar-refractivity contribution in [1.82, 2.24) is 15.1 Å². The van der Waals surface area contributed by atoms with Crippen LogP contribution in [0.3, 0.4) is 0 Å². The molecule has 1 aromatic heterocycles. The van der Waals surface area contributed by atoms with Gasteiger partial charge in [-0.3, -0.25) is 0 Å². The maximum absolute atomic E-state index is 10.6. The van der Waals surface area contributed by atoms with Crippen LogP contribution in [0.4, 0.5) is 0 Å². The van der Waals surface area contributed by atoms with Crippen LogP contribution in [-0.2, 0) is 0 Å². The zero-order chi connectivity index (χ0) is 21.8. The molecule has 1 fully saturated rings. The van der Waals surface area contributed by atoms with E-state index >= 15 is 0 Å². The monoisotopic (exact) mass is 421 g/mol. The Bertz CT molecular complexity index is 996. The van der Waals surface area contributed by atoms with Crippen LogP contribution >= 0.6 is 0 Å². The van der Waals surface area contributed by atoms with Gasteiger partial charge in [0.2, 0.25) is 0 Å². The number of aliphatic hydroxyl groups is 2. The van der Waals surface area contributed by atoms with Crippen molar-refractivity contribution in [2.45, 2.75) is 38.4 Å². The van der Waals surface area contributed by atoms with E-state index in [0.29, 0.717) is 12.5 Å². The molecule has 6 nitrogen and oxygen atoms in total. The molecule has 0 saturated carbocycles. The Morgan fingerprint density at radius 1 is 1.10 bits per heavy atom. The molecule has 0 amide bonds. The molecule has 6 heteroatoms. The molecule has 1 aliphatic rings. The van der Waals surface area contributed by atoms with Gasteiger partial charge in [-0.25, -0.2) is 0 Å². The standard InChI is InChI=1S/C25H31N3O3/c1-25(2,30)20-10-13-28(14-11-20)16-21(29)17-31-23-8-7-18-5-3-4-6-22(18)24(23)19-9-12-26-27-15-19/h3-9,12,15,20-21,29-30H,10-11,13-14,16-17H2,1-2H3. The van der Waals surface area contributed by atoms with Crippen molar-refractivity contribution in [2.24, 2.45) is 5.92 Å². The molecule has 4 rings (SSSR count). The predicted octanol–water partition coefficient (Wildman–Crippen LogP) is 3.52. The van der Waals surface area contributed by atoms with Gasteiger partial charge in [-0.2, -0.15) is 10.2 Å². The van der Waals surface area contributed by atoms with Gasteiger partial charge in [0.05, 0.1) is 18.0 Å². The summed E-state index contributed by atoms with van der Waals surface area (Å²) < 4.78 is 6.11. The maximum atomic E-state index is 10.6. The topological polar surface area (TPSA) is 78.7 Å². The minimum absolute atomic E-state index is 0.218. The lowest BCUT2D eigenvalue weighted by atomic mass is 9.83. The van der Waals surface area contributed by atoms with Crippen molar-refractivity contribution < 1.29 is 14.9 Å². The second kappa shape index (κ2) is 9.30. The number of fused-ring (bicyclic) bond motifs is 1.